The first-order valence-corrected chi connectivity index (χ1v) is 10.4. The standard InChI is InChI=1S/C23H24N4O2.C2H6/c1-13(2)19-9-16(6-7-17(19)23(28)29)22-18-8-5-15(10-21(18)26-12-27-22)20(11-24)14(3)25-4;1-2/h5-13H,24H2,1-4H3,(H,28,29);1-2H3/b20-11+,25-14?;. The van der Waals surface area contributed by atoms with Gasteiger partial charge in [-0.1, -0.05) is 39.8 Å². The zero-order valence-electron chi connectivity index (χ0n) is 19.0. The van der Waals surface area contributed by atoms with E-state index < -0.39 is 5.97 Å². The first kappa shape index (κ1) is 23.7. The van der Waals surface area contributed by atoms with E-state index >= 15 is 0 Å². The fourth-order valence-corrected chi connectivity index (χ4v) is 3.38. The van der Waals surface area contributed by atoms with Gasteiger partial charge in [0.15, 0.2) is 0 Å². The number of carboxylic acid groups (broad SMARTS) is 1. The van der Waals surface area contributed by atoms with Gasteiger partial charge >= 0.3 is 5.97 Å². The van der Waals surface area contributed by atoms with Crippen LogP contribution >= 0.6 is 0 Å². The topological polar surface area (TPSA) is 101 Å². The van der Waals surface area contributed by atoms with Gasteiger partial charge in [0.1, 0.15) is 6.33 Å². The van der Waals surface area contributed by atoms with E-state index in [1.165, 1.54) is 6.33 Å². The number of hydrogen-bond acceptors (Lipinski definition) is 5. The number of nitrogens with two attached hydrogens (primary N) is 1. The Morgan fingerprint density at radius 1 is 1.13 bits per heavy atom. The normalized spacial score (nSPS) is 12.0. The van der Waals surface area contributed by atoms with Gasteiger partial charge in [0.2, 0.25) is 0 Å². The summed E-state index contributed by atoms with van der Waals surface area (Å²) in [5.74, 6) is -0.846. The maximum atomic E-state index is 11.5. The van der Waals surface area contributed by atoms with Gasteiger partial charge in [-0.05, 0) is 48.2 Å². The number of carboxylic acids is 1. The summed E-state index contributed by atoms with van der Waals surface area (Å²) in [7, 11) is 1.73. The first-order chi connectivity index (χ1) is 14.9. The van der Waals surface area contributed by atoms with Crippen molar-refractivity contribution in [3.05, 3.63) is 65.6 Å². The van der Waals surface area contributed by atoms with Gasteiger partial charge in [-0.25, -0.2) is 14.8 Å². The smallest absolute Gasteiger partial charge is 0.335 e. The van der Waals surface area contributed by atoms with Crippen molar-refractivity contribution in [3.8, 4) is 11.3 Å². The summed E-state index contributed by atoms with van der Waals surface area (Å²) in [6.45, 7) is 9.87. The van der Waals surface area contributed by atoms with E-state index in [2.05, 4.69) is 15.0 Å². The van der Waals surface area contributed by atoms with E-state index in [1.54, 1.807) is 25.4 Å². The molecule has 0 saturated heterocycles. The van der Waals surface area contributed by atoms with Crippen molar-refractivity contribution in [3.63, 3.8) is 0 Å². The van der Waals surface area contributed by atoms with Crippen molar-refractivity contribution >= 4 is 28.2 Å². The van der Waals surface area contributed by atoms with Crippen LogP contribution in [0.5, 0.6) is 0 Å². The van der Waals surface area contributed by atoms with Crippen LogP contribution in [0.4, 0.5) is 0 Å². The van der Waals surface area contributed by atoms with Crippen LogP contribution in [0.15, 0.2) is 53.9 Å². The first-order valence-electron chi connectivity index (χ1n) is 10.4. The molecular weight excluding hydrogens is 388 g/mol. The lowest BCUT2D eigenvalue weighted by molar-refractivity contribution is 0.0695. The summed E-state index contributed by atoms with van der Waals surface area (Å²) in [5.41, 5.74) is 11.9. The number of aromatic nitrogens is 2. The van der Waals surface area contributed by atoms with Gasteiger partial charge < -0.3 is 10.8 Å². The van der Waals surface area contributed by atoms with Gasteiger partial charge in [0.25, 0.3) is 0 Å². The van der Waals surface area contributed by atoms with E-state index in [0.717, 1.165) is 44.6 Å². The zero-order chi connectivity index (χ0) is 23.1. The molecule has 0 radical (unpaired) electrons. The summed E-state index contributed by atoms with van der Waals surface area (Å²) in [6.07, 6.45) is 3.07. The molecule has 2 aromatic carbocycles. The second-order valence-electron chi connectivity index (χ2n) is 7.11. The fraction of sp³-hybridized carbons (Fsp3) is 0.280. The molecule has 0 fully saturated rings. The third kappa shape index (κ3) is 4.97. The predicted octanol–water partition coefficient (Wildman–Crippen LogP) is 5.53. The minimum Gasteiger partial charge on any atom is -0.478 e. The lowest BCUT2D eigenvalue weighted by Gasteiger charge is -2.13. The number of aliphatic imine (C=N–C) groups is 1. The Morgan fingerprint density at radius 3 is 2.42 bits per heavy atom. The summed E-state index contributed by atoms with van der Waals surface area (Å²) >= 11 is 0. The molecule has 0 aliphatic carbocycles. The number of allylic oxidation sites excluding steroid dienone is 1. The Balaban J connectivity index is 0.00000166. The maximum Gasteiger partial charge on any atom is 0.335 e. The molecule has 3 N–H and O–H groups in total. The predicted molar refractivity (Wildman–Crippen MR) is 129 cm³/mol. The molecule has 1 aromatic heterocycles. The molecule has 0 atom stereocenters. The van der Waals surface area contributed by atoms with Crippen molar-refractivity contribution in [1.82, 2.24) is 9.97 Å². The molecule has 0 aliphatic rings. The fourth-order valence-electron chi connectivity index (χ4n) is 3.38. The SMILES string of the molecule is CC.CN=C(C)/C(=C\N)c1ccc2c(-c3ccc(C(=O)O)c(C(C)C)c3)ncnc2c1. The molecule has 6 nitrogen and oxygen atoms in total. The Hall–Kier alpha value is -3.54. The number of fused-ring (bicyclic) bond motifs is 1. The van der Waals surface area contributed by atoms with Crippen LogP contribution in [0.1, 0.15) is 62.0 Å². The molecule has 0 bridgehead atoms. The van der Waals surface area contributed by atoms with Crippen LogP contribution in [0.2, 0.25) is 0 Å². The van der Waals surface area contributed by atoms with Crippen molar-refractivity contribution in [1.29, 1.82) is 0 Å². The third-order valence-corrected chi connectivity index (χ3v) is 5.02. The number of carbonyl (C=O) groups is 1. The highest BCUT2D eigenvalue weighted by Crippen LogP contribution is 2.31. The van der Waals surface area contributed by atoms with Gasteiger partial charge in [-0.15, -0.1) is 0 Å². The second-order valence-corrected chi connectivity index (χ2v) is 7.11. The third-order valence-electron chi connectivity index (χ3n) is 5.02. The van der Waals surface area contributed by atoms with Crippen molar-refractivity contribution in [2.75, 3.05) is 7.05 Å². The molecule has 0 unspecified atom stereocenters. The quantitative estimate of drug-likeness (QED) is 0.530. The number of hydrogen-bond donors (Lipinski definition) is 2. The molecule has 3 aromatic rings. The summed E-state index contributed by atoms with van der Waals surface area (Å²) < 4.78 is 0. The number of benzene rings is 2. The Morgan fingerprint density at radius 2 is 1.84 bits per heavy atom. The summed E-state index contributed by atoms with van der Waals surface area (Å²) in [5, 5.41) is 10.4. The largest absolute Gasteiger partial charge is 0.478 e. The van der Waals surface area contributed by atoms with E-state index in [0.29, 0.717) is 5.56 Å². The molecule has 31 heavy (non-hydrogen) atoms. The average molecular weight is 419 g/mol. The van der Waals surface area contributed by atoms with E-state index in [4.69, 9.17) is 5.73 Å². The average Bonchev–Trinajstić information content (AvgIpc) is 2.79. The number of rotatable bonds is 5. The van der Waals surface area contributed by atoms with Crippen LogP contribution < -0.4 is 5.73 Å². The molecule has 0 amide bonds. The number of aromatic carboxylic acids is 1. The second kappa shape index (κ2) is 10.5. The monoisotopic (exact) mass is 418 g/mol. The minimum atomic E-state index is -0.925. The highest BCUT2D eigenvalue weighted by atomic mass is 16.4. The van der Waals surface area contributed by atoms with Crippen LogP contribution in [0.25, 0.3) is 27.7 Å². The zero-order valence-corrected chi connectivity index (χ0v) is 19.0. The maximum absolute atomic E-state index is 11.5. The van der Waals surface area contributed by atoms with E-state index in [-0.39, 0.29) is 5.92 Å². The summed E-state index contributed by atoms with van der Waals surface area (Å²) in [6, 6.07) is 11.2. The van der Waals surface area contributed by atoms with Gasteiger partial charge in [-0.3, -0.25) is 4.99 Å². The molecule has 3 rings (SSSR count). The molecule has 0 spiro atoms. The minimum absolute atomic E-state index is 0.0781. The number of nitrogens with zero attached hydrogens (tertiary/aromatic N) is 3. The van der Waals surface area contributed by atoms with Crippen LogP contribution in [-0.2, 0) is 0 Å². The molecule has 1 heterocycles. The van der Waals surface area contributed by atoms with Crippen LogP contribution in [-0.4, -0.2) is 33.8 Å². The molecule has 0 aliphatic heterocycles. The lowest BCUT2D eigenvalue weighted by atomic mass is 9.93. The lowest BCUT2D eigenvalue weighted by Crippen LogP contribution is -2.04. The molecule has 162 valence electrons. The van der Waals surface area contributed by atoms with Gasteiger partial charge in [-0.2, -0.15) is 0 Å². The highest BCUT2D eigenvalue weighted by Gasteiger charge is 2.16. The molecule has 6 heteroatoms. The summed E-state index contributed by atoms with van der Waals surface area (Å²) in [4.78, 5) is 24.7. The van der Waals surface area contributed by atoms with Crippen LogP contribution in [0.3, 0.4) is 0 Å². The molecular formula is C25H30N4O2. The van der Waals surface area contributed by atoms with Gasteiger partial charge in [0, 0.05) is 35.5 Å². The Kier molecular flexibility index (Phi) is 8.02. The Labute approximate surface area is 183 Å². The van der Waals surface area contributed by atoms with E-state index in [1.807, 2.05) is 58.9 Å². The Bertz CT molecular complexity index is 1150. The highest BCUT2D eigenvalue weighted by molar-refractivity contribution is 6.23. The van der Waals surface area contributed by atoms with Gasteiger partial charge in [0.05, 0.1) is 16.8 Å². The van der Waals surface area contributed by atoms with Crippen molar-refractivity contribution in [2.24, 2.45) is 10.7 Å². The van der Waals surface area contributed by atoms with E-state index in [9.17, 15) is 9.90 Å². The van der Waals surface area contributed by atoms with Crippen molar-refractivity contribution < 1.29 is 9.90 Å². The van der Waals surface area contributed by atoms with Crippen LogP contribution in [0, 0.1) is 0 Å². The van der Waals surface area contributed by atoms with Crippen molar-refractivity contribution in [2.45, 2.75) is 40.5 Å². The molecule has 0 saturated carbocycles.